The Hall–Kier alpha value is -2.43. The summed E-state index contributed by atoms with van der Waals surface area (Å²) in [5.41, 5.74) is 8.93. The zero-order chi connectivity index (χ0) is 14.3. The van der Waals surface area contributed by atoms with Crippen LogP contribution >= 0.6 is 0 Å². The van der Waals surface area contributed by atoms with Gasteiger partial charge >= 0.3 is 0 Å². The molecule has 1 aliphatic heterocycles. The molecule has 1 aliphatic carbocycles. The Morgan fingerprint density at radius 3 is 3.15 bits per heavy atom. The van der Waals surface area contributed by atoms with Gasteiger partial charge in [0.15, 0.2) is 0 Å². The summed E-state index contributed by atoms with van der Waals surface area (Å²) in [7, 11) is 0. The highest BCUT2D eigenvalue weighted by Gasteiger charge is 2.50. The van der Waals surface area contributed by atoms with Gasteiger partial charge in [0.2, 0.25) is 5.91 Å². The summed E-state index contributed by atoms with van der Waals surface area (Å²) in [4.78, 5) is 20.6. The van der Waals surface area contributed by atoms with Crippen LogP contribution in [-0.2, 0) is 10.2 Å². The molecule has 5 heteroatoms. The average Bonchev–Trinajstić information content (AvgIpc) is 3.02. The molecule has 0 bridgehead atoms. The number of hydrogen-bond acceptors (Lipinski definition) is 4. The molecule has 1 spiro atoms. The average molecular weight is 268 g/mol. The number of nitrogens with zero attached hydrogens (tertiary/aromatic N) is 2. The van der Waals surface area contributed by atoms with E-state index < -0.39 is 5.41 Å². The van der Waals surface area contributed by atoms with Gasteiger partial charge in [0, 0.05) is 17.5 Å². The number of nitrogens with one attached hydrogen (secondary N) is 1. The maximum absolute atomic E-state index is 12.4. The smallest absolute Gasteiger partial charge is 0.237 e. The summed E-state index contributed by atoms with van der Waals surface area (Å²) in [6.45, 7) is 5.64. The number of allylic oxidation sites excluding steroid dienone is 4. The summed E-state index contributed by atoms with van der Waals surface area (Å²) in [5.74, 6) is 0.613. The number of amides is 1. The van der Waals surface area contributed by atoms with Crippen molar-refractivity contribution in [2.24, 2.45) is 5.73 Å². The molecule has 1 aromatic heterocycles. The van der Waals surface area contributed by atoms with Crippen molar-refractivity contribution in [3.8, 4) is 0 Å². The van der Waals surface area contributed by atoms with E-state index in [1.54, 1.807) is 12.3 Å². The van der Waals surface area contributed by atoms with Gasteiger partial charge in [0.25, 0.3) is 0 Å². The Morgan fingerprint density at radius 2 is 2.40 bits per heavy atom. The van der Waals surface area contributed by atoms with Crippen LogP contribution in [0.25, 0.3) is 0 Å². The molecule has 3 N–H and O–H groups in total. The quantitative estimate of drug-likeness (QED) is 0.801. The van der Waals surface area contributed by atoms with Crippen molar-refractivity contribution in [2.75, 3.05) is 5.32 Å². The van der Waals surface area contributed by atoms with E-state index in [1.165, 1.54) is 6.33 Å². The first-order valence-corrected chi connectivity index (χ1v) is 6.48. The molecule has 1 unspecified atom stereocenters. The predicted molar refractivity (Wildman–Crippen MR) is 76.7 cm³/mol. The van der Waals surface area contributed by atoms with E-state index in [0.29, 0.717) is 24.4 Å². The third-order valence-electron chi connectivity index (χ3n) is 4.22. The summed E-state index contributed by atoms with van der Waals surface area (Å²) in [6.07, 6.45) is 8.16. The molecule has 0 fully saturated rings. The van der Waals surface area contributed by atoms with Crippen molar-refractivity contribution in [1.82, 2.24) is 9.97 Å². The highest BCUT2D eigenvalue weighted by atomic mass is 16.2. The fourth-order valence-corrected chi connectivity index (χ4v) is 2.90. The Labute approximate surface area is 117 Å². The van der Waals surface area contributed by atoms with E-state index in [9.17, 15) is 4.79 Å². The van der Waals surface area contributed by atoms with Crippen molar-refractivity contribution in [1.29, 1.82) is 0 Å². The Kier molecular flexibility index (Phi) is 2.71. The van der Waals surface area contributed by atoms with Gasteiger partial charge in [-0.15, -0.1) is 0 Å². The van der Waals surface area contributed by atoms with Crippen LogP contribution in [0, 0.1) is 0 Å². The maximum atomic E-state index is 12.4. The van der Waals surface area contributed by atoms with E-state index in [1.807, 2.05) is 6.92 Å². The lowest BCUT2D eigenvalue weighted by molar-refractivity contribution is -0.120. The molecular weight excluding hydrogens is 252 g/mol. The highest BCUT2D eigenvalue weighted by Crippen LogP contribution is 2.48. The van der Waals surface area contributed by atoms with Crippen LogP contribution in [0.1, 0.15) is 25.3 Å². The van der Waals surface area contributed by atoms with Crippen LogP contribution in [-0.4, -0.2) is 15.9 Å². The molecule has 1 amide bonds. The van der Waals surface area contributed by atoms with Gasteiger partial charge in [-0.05, 0) is 37.0 Å². The SMILES string of the molecule is C=C/C(N)=C(/C)C1=CCC2(C1)C(=O)Nc1ncncc12. The fourth-order valence-electron chi connectivity index (χ4n) is 2.90. The van der Waals surface area contributed by atoms with E-state index >= 15 is 0 Å². The molecule has 1 atom stereocenters. The van der Waals surface area contributed by atoms with E-state index in [4.69, 9.17) is 5.73 Å². The number of rotatable bonds is 2. The first-order valence-electron chi connectivity index (χ1n) is 6.48. The summed E-state index contributed by atoms with van der Waals surface area (Å²) >= 11 is 0. The molecule has 102 valence electrons. The number of carbonyl (C=O) groups is 1. The Bertz CT molecular complexity index is 674. The molecule has 0 saturated heterocycles. The predicted octanol–water partition coefficient (Wildman–Crippen LogP) is 1.81. The molecule has 2 aliphatic rings. The van der Waals surface area contributed by atoms with Crippen LogP contribution < -0.4 is 11.1 Å². The van der Waals surface area contributed by atoms with Gasteiger partial charge in [-0.2, -0.15) is 0 Å². The van der Waals surface area contributed by atoms with Crippen molar-refractivity contribution in [3.63, 3.8) is 0 Å². The minimum absolute atomic E-state index is 0.00998. The number of hydrogen-bond donors (Lipinski definition) is 2. The lowest BCUT2D eigenvalue weighted by atomic mass is 9.79. The number of carbonyl (C=O) groups excluding carboxylic acids is 1. The highest BCUT2D eigenvalue weighted by molar-refractivity contribution is 6.06. The van der Waals surface area contributed by atoms with Crippen LogP contribution in [0.3, 0.4) is 0 Å². The van der Waals surface area contributed by atoms with Crippen LogP contribution in [0.5, 0.6) is 0 Å². The summed E-state index contributed by atoms with van der Waals surface area (Å²) in [6, 6.07) is 0. The van der Waals surface area contributed by atoms with Crippen molar-refractivity contribution in [3.05, 3.63) is 53.7 Å². The largest absolute Gasteiger partial charge is 0.399 e. The van der Waals surface area contributed by atoms with Gasteiger partial charge in [0.1, 0.15) is 12.1 Å². The molecule has 1 aromatic rings. The zero-order valence-electron chi connectivity index (χ0n) is 11.3. The summed E-state index contributed by atoms with van der Waals surface area (Å²) in [5, 5.41) is 2.84. The lowest BCUT2D eigenvalue weighted by Crippen LogP contribution is -2.32. The topological polar surface area (TPSA) is 80.9 Å². The third kappa shape index (κ3) is 1.59. The standard InChI is InChI=1S/C15H16N4O/c1-3-12(16)9(2)10-4-5-15(6-10)11-7-17-8-18-13(11)19-14(15)20/h3-4,7-8H,1,5-6,16H2,2H3,(H,17,18,19,20)/b12-9+. The number of fused-ring (bicyclic) bond motifs is 2. The van der Waals surface area contributed by atoms with Gasteiger partial charge in [0.05, 0.1) is 5.41 Å². The number of aromatic nitrogens is 2. The first-order chi connectivity index (χ1) is 9.58. The normalized spacial score (nSPS) is 25.1. The number of nitrogens with two attached hydrogens (primary N) is 1. The molecule has 3 rings (SSSR count). The second-order valence-corrected chi connectivity index (χ2v) is 5.22. The second-order valence-electron chi connectivity index (χ2n) is 5.22. The Balaban J connectivity index is 2.00. The molecule has 5 nitrogen and oxygen atoms in total. The minimum Gasteiger partial charge on any atom is -0.399 e. The van der Waals surface area contributed by atoms with Gasteiger partial charge in [-0.25, -0.2) is 9.97 Å². The van der Waals surface area contributed by atoms with E-state index in [0.717, 1.165) is 16.7 Å². The van der Waals surface area contributed by atoms with Crippen LogP contribution in [0.15, 0.2) is 48.1 Å². The van der Waals surface area contributed by atoms with Crippen LogP contribution in [0.4, 0.5) is 5.82 Å². The zero-order valence-corrected chi connectivity index (χ0v) is 11.3. The second kappa shape index (κ2) is 4.30. The monoisotopic (exact) mass is 268 g/mol. The van der Waals surface area contributed by atoms with Crippen molar-refractivity contribution < 1.29 is 4.79 Å². The summed E-state index contributed by atoms with van der Waals surface area (Å²) < 4.78 is 0. The Morgan fingerprint density at radius 1 is 1.60 bits per heavy atom. The first kappa shape index (κ1) is 12.6. The van der Waals surface area contributed by atoms with E-state index in [2.05, 4.69) is 27.9 Å². The lowest BCUT2D eigenvalue weighted by Gasteiger charge is -2.21. The molecule has 0 aromatic carbocycles. The van der Waals surface area contributed by atoms with Gasteiger partial charge < -0.3 is 11.1 Å². The van der Waals surface area contributed by atoms with Gasteiger partial charge in [-0.3, -0.25) is 4.79 Å². The fraction of sp³-hybridized carbons (Fsp3) is 0.267. The van der Waals surface area contributed by atoms with Crippen molar-refractivity contribution >= 4 is 11.7 Å². The third-order valence-corrected chi connectivity index (χ3v) is 4.22. The van der Waals surface area contributed by atoms with Crippen molar-refractivity contribution in [2.45, 2.75) is 25.2 Å². The molecule has 2 heterocycles. The molecule has 20 heavy (non-hydrogen) atoms. The molecule has 0 saturated carbocycles. The maximum Gasteiger partial charge on any atom is 0.237 e. The number of anilines is 1. The van der Waals surface area contributed by atoms with Crippen LogP contribution in [0.2, 0.25) is 0 Å². The molecular formula is C15H16N4O. The van der Waals surface area contributed by atoms with Gasteiger partial charge in [-0.1, -0.05) is 12.7 Å². The van der Waals surface area contributed by atoms with E-state index in [-0.39, 0.29) is 5.91 Å². The molecule has 0 radical (unpaired) electrons. The minimum atomic E-state index is -0.575.